The molecule has 2 N–H and O–H groups in total. The average molecular weight is 613 g/mol. The van der Waals surface area contributed by atoms with Crippen LogP contribution in [0.25, 0.3) is 22.2 Å². The number of fused-ring (bicyclic) bond motifs is 4. The fourth-order valence-corrected chi connectivity index (χ4v) is 7.66. The molecule has 9 nitrogen and oxygen atoms in total. The monoisotopic (exact) mass is 612 g/mol. The number of carbonyl (C=O) groups excluding carboxylic acids is 1. The molecule has 7 rings (SSSR count). The number of methoxy groups -OCH3 is 1. The summed E-state index contributed by atoms with van der Waals surface area (Å²) in [5.41, 5.74) is 4.97. The van der Waals surface area contributed by atoms with Crippen molar-refractivity contribution in [2.75, 3.05) is 26.9 Å². The van der Waals surface area contributed by atoms with Crippen LogP contribution >= 0.6 is 0 Å². The molecule has 3 aromatic carbocycles. The molecule has 234 valence electrons. The molecule has 0 spiro atoms. The minimum absolute atomic E-state index is 0.0533. The van der Waals surface area contributed by atoms with E-state index in [0.29, 0.717) is 17.3 Å². The number of carbonyl (C=O) groups is 2. The van der Waals surface area contributed by atoms with E-state index in [1.165, 1.54) is 12.0 Å². The molecule has 2 heterocycles. The zero-order chi connectivity index (χ0) is 31.2. The number of morpholine rings is 1. The van der Waals surface area contributed by atoms with Gasteiger partial charge in [0.05, 0.1) is 44.0 Å². The number of rotatable bonds is 5. The van der Waals surface area contributed by atoms with E-state index in [2.05, 4.69) is 36.2 Å². The number of benzene rings is 3. The molecule has 1 aliphatic heterocycles. The lowest BCUT2D eigenvalue weighted by molar-refractivity contribution is -0.00190. The van der Waals surface area contributed by atoms with Crippen molar-refractivity contribution in [3.63, 3.8) is 0 Å². The first-order valence-electron chi connectivity index (χ1n) is 15.7. The van der Waals surface area contributed by atoms with Crippen molar-refractivity contribution < 1.29 is 28.6 Å². The smallest absolute Gasteiger partial charge is 0.410 e. The Morgan fingerprint density at radius 1 is 1.02 bits per heavy atom. The molecular formula is C35H37FN4O5. The second kappa shape index (κ2) is 11.8. The Balaban J connectivity index is 1.38. The first-order valence-corrected chi connectivity index (χ1v) is 15.7. The van der Waals surface area contributed by atoms with E-state index in [0.717, 1.165) is 47.9 Å². The Kier molecular flexibility index (Phi) is 7.69. The molecule has 4 aromatic rings. The van der Waals surface area contributed by atoms with Crippen molar-refractivity contribution in [1.29, 1.82) is 0 Å². The maximum atomic E-state index is 16.3. The van der Waals surface area contributed by atoms with Crippen LogP contribution in [-0.4, -0.2) is 63.9 Å². The highest BCUT2D eigenvalue weighted by Crippen LogP contribution is 2.51. The number of hydrogen-bond donors (Lipinski definition) is 2. The number of hydrogen-bond acceptors (Lipinski definition) is 5. The van der Waals surface area contributed by atoms with E-state index in [-0.39, 0.29) is 36.8 Å². The Hall–Kier alpha value is -4.44. The fourth-order valence-electron chi connectivity index (χ4n) is 7.66. The van der Waals surface area contributed by atoms with E-state index in [1.54, 1.807) is 12.1 Å². The summed E-state index contributed by atoms with van der Waals surface area (Å²) in [5.74, 6) is 0.529. The van der Waals surface area contributed by atoms with Crippen molar-refractivity contribution in [2.45, 2.75) is 50.7 Å². The minimum Gasteiger partial charge on any atom is -0.465 e. The number of ether oxygens (including phenoxy) is 2. The number of nitrogens with one attached hydrogen (secondary N) is 1. The summed E-state index contributed by atoms with van der Waals surface area (Å²) in [4.78, 5) is 37.2. The van der Waals surface area contributed by atoms with Gasteiger partial charge in [-0.1, -0.05) is 74.4 Å². The summed E-state index contributed by atoms with van der Waals surface area (Å²) < 4.78 is 27.4. The Labute approximate surface area is 261 Å². The van der Waals surface area contributed by atoms with Crippen molar-refractivity contribution in [3.05, 3.63) is 89.0 Å². The highest BCUT2D eigenvalue weighted by atomic mass is 19.1. The van der Waals surface area contributed by atoms with Crippen LogP contribution in [0.5, 0.6) is 0 Å². The van der Waals surface area contributed by atoms with Crippen LogP contribution in [0.4, 0.5) is 14.0 Å². The second-order valence-corrected chi connectivity index (χ2v) is 12.5. The zero-order valence-corrected chi connectivity index (χ0v) is 25.4. The largest absolute Gasteiger partial charge is 0.465 e. The summed E-state index contributed by atoms with van der Waals surface area (Å²) in [5, 5.41) is 9.77. The highest BCUT2D eigenvalue weighted by molar-refractivity contribution is 5.82. The Morgan fingerprint density at radius 2 is 1.69 bits per heavy atom. The molecular weight excluding hydrogens is 575 g/mol. The molecule has 1 saturated heterocycles. The maximum absolute atomic E-state index is 16.3. The molecule has 1 saturated carbocycles. The summed E-state index contributed by atoms with van der Waals surface area (Å²) in [7, 11) is 1.40. The van der Waals surface area contributed by atoms with Crippen molar-refractivity contribution >= 4 is 23.2 Å². The van der Waals surface area contributed by atoms with E-state index in [4.69, 9.17) is 14.5 Å². The van der Waals surface area contributed by atoms with Crippen LogP contribution in [0.3, 0.4) is 0 Å². The van der Waals surface area contributed by atoms with E-state index in [9.17, 15) is 14.7 Å². The standard InChI is InChI=1S/C35H37FN4O5/c1-20-11-13-21(14-12-20)31(40(35(43)44-2)32-24-9-5-3-7-22(24)23-8-4-6-10-25(23)32)33-37-27-16-15-26(29(36)30(27)38-33)28-19-45-18-17-39(28)34(41)42/h3-10,15-16,20-21,28,31-32H,11-14,17-19H2,1-2H3,(H,37,38)(H,41,42)/t20?,21?,28?,31-/m0/s1. The normalized spacial score (nSPS) is 22.1. The van der Waals surface area contributed by atoms with Gasteiger partial charge < -0.3 is 19.6 Å². The van der Waals surface area contributed by atoms with Gasteiger partial charge in [-0.3, -0.25) is 9.80 Å². The van der Waals surface area contributed by atoms with Gasteiger partial charge in [-0.2, -0.15) is 0 Å². The number of halogens is 1. The maximum Gasteiger partial charge on any atom is 0.410 e. The average Bonchev–Trinajstić information content (AvgIpc) is 3.64. The predicted octanol–water partition coefficient (Wildman–Crippen LogP) is 7.46. The molecule has 2 atom stereocenters. The number of amides is 2. The number of imidazole rings is 1. The quantitative estimate of drug-likeness (QED) is 0.242. The van der Waals surface area contributed by atoms with Crippen LogP contribution in [0.1, 0.15) is 73.2 Å². The summed E-state index contributed by atoms with van der Waals surface area (Å²) in [6.07, 6.45) is 2.19. The molecule has 1 aromatic heterocycles. The number of aromatic nitrogens is 2. The SMILES string of the molecule is COC(=O)N(C1c2ccccc2-c2ccccc21)[C@H](c1nc2c(F)c(C3COCCN3C(=O)O)ccc2[nH]1)C1CCC(C)CC1. The van der Waals surface area contributed by atoms with Crippen molar-refractivity contribution in [1.82, 2.24) is 19.8 Å². The summed E-state index contributed by atoms with van der Waals surface area (Å²) in [6, 6.07) is 17.8. The third-order valence-corrected chi connectivity index (χ3v) is 9.93. The molecule has 2 amide bonds. The van der Waals surface area contributed by atoms with Gasteiger partial charge in [-0.25, -0.2) is 19.0 Å². The van der Waals surface area contributed by atoms with Gasteiger partial charge in [-0.15, -0.1) is 0 Å². The lowest BCUT2D eigenvalue weighted by Crippen LogP contribution is -2.43. The molecule has 2 fully saturated rings. The van der Waals surface area contributed by atoms with Gasteiger partial charge in [0.15, 0.2) is 5.82 Å². The van der Waals surface area contributed by atoms with Crippen LogP contribution in [0.2, 0.25) is 0 Å². The van der Waals surface area contributed by atoms with Gasteiger partial charge >= 0.3 is 12.2 Å². The van der Waals surface area contributed by atoms with Crippen molar-refractivity contribution in [3.8, 4) is 11.1 Å². The summed E-state index contributed by atoms with van der Waals surface area (Å²) in [6.45, 7) is 2.73. The third-order valence-electron chi connectivity index (χ3n) is 9.93. The topological polar surface area (TPSA) is 108 Å². The van der Waals surface area contributed by atoms with Crippen LogP contribution in [0.15, 0.2) is 60.7 Å². The number of carboxylic acid groups (broad SMARTS) is 1. The molecule has 10 heteroatoms. The molecule has 1 unspecified atom stereocenters. The molecule has 45 heavy (non-hydrogen) atoms. The summed E-state index contributed by atoms with van der Waals surface area (Å²) >= 11 is 0. The number of nitrogens with zero attached hydrogens (tertiary/aromatic N) is 3. The van der Waals surface area contributed by atoms with Gasteiger partial charge in [0.25, 0.3) is 0 Å². The van der Waals surface area contributed by atoms with E-state index < -0.39 is 36.1 Å². The number of aromatic amines is 1. The van der Waals surface area contributed by atoms with Crippen molar-refractivity contribution in [2.24, 2.45) is 11.8 Å². The van der Waals surface area contributed by atoms with E-state index >= 15 is 4.39 Å². The zero-order valence-electron chi connectivity index (χ0n) is 25.4. The molecule has 2 aliphatic carbocycles. The Bertz CT molecular complexity index is 1700. The van der Waals surface area contributed by atoms with Gasteiger partial charge in [0, 0.05) is 12.1 Å². The first-order chi connectivity index (χ1) is 21.9. The van der Waals surface area contributed by atoms with Gasteiger partial charge in [-0.05, 0) is 53.0 Å². The van der Waals surface area contributed by atoms with Crippen LogP contribution in [-0.2, 0) is 9.47 Å². The van der Waals surface area contributed by atoms with Gasteiger partial charge in [0.1, 0.15) is 11.3 Å². The third kappa shape index (κ3) is 5.01. The van der Waals surface area contributed by atoms with E-state index in [1.807, 2.05) is 29.2 Å². The number of H-pyrrole nitrogens is 1. The van der Waals surface area contributed by atoms with Gasteiger partial charge in [0.2, 0.25) is 0 Å². The lowest BCUT2D eigenvalue weighted by Gasteiger charge is -2.41. The fraction of sp³-hybridized carbons (Fsp3) is 0.400. The first kappa shape index (κ1) is 29.3. The van der Waals surface area contributed by atoms with Crippen LogP contribution < -0.4 is 0 Å². The lowest BCUT2D eigenvalue weighted by atomic mass is 9.78. The Morgan fingerprint density at radius 3 is 2.33 bits per heavy atom. The minimum atomic E-state index is -1.12. The molecule has 3 aliphatic rings. The molecule has 0 bridgehead atoms. The predicted molar refractivity (Wildman–Crippen MR) is 166 cm³/mol. The molecule has 0 radical (unpaired) electrons. The highest BCUT2D eigenvalue weighted by Gasteiger charge is 2.45. The van der Waals surface area contributed by atoms with Crippen LogP contribution in [0, 0.1) is 17.7 Å². The second-order valence-electron chi connectivity index (χ2n) is 12.5.